The SMILES string of the molecule is COc1ccc(C2C(C(C)=O)=C(C)Nc3nc(SCc4ccccc4Cl)nn32)cc1[N+](=O)[O-]. The zero-order valence-electron chi connectivity index (χ0n) is 18.0. The first-order valence-corrected chi connectivity index (χ1v) is 11.3. The van der Waals surface area contributed by atoms with Crippen molar-refractivity contribution in [3.8, 4) is 5.75 Å². The number of methoxy groups -OCH3 is 1. The molecule has 0 saturated heterocycles. The number of anilines is 1. The van der Waals surface area contributed by atoms with Gasteiger partial charge in [0.15, 0.2) is 11.5 Å². The maximum atomic E-state index is 12.6. The van der Waals surface area contributed by atoms with Gasteiger partial charge in [-0.3, -0.25) is 14.9 Å². The van der Waals surface area contributed by atoms with Gasteiger partial charge in [0.05, 0.1) is 12.0 Å². The van der Waals surface area contributed by atoms with Crippen molar-refractivity contribution < 1.29 is 14.5 Å². The number of nitro groups is 1. The fourth-order valence-electron chi connectivity index (χ4n) is 3.73. The number of fused-ring (bicyclic) bond motifs is 1. The van der Waals surface area contributed by atoms with Crippen LogP contribution < -0.4 is 10.1 Å². The molecule has 33 heavy (non-hydrogen) atoms. The van der Waals surface area contributed by atoms with Crippen LogP contribution in [0.3, 0.4) is 0 Å². The van der Waals surface area contributed by atoms with Crippen LogP contribution in [0, 0.1) is 10.1 Å². The Morgan fingerprint density at radius 2 is 2.09 bits per heavy atom. The molecule has 1 atom stereocenters. The molecule has 0 saturated carbocycles. The van der Waals surface area contributed by atoms with Crippen LogP contribution in [0.2, 0.25) is 5.02 Å². The third-order valence-corrected chi connectivity index (χ3v) is 6.50. The Labute approximate surface area is 199 Å². The van der Waals surface area contributed by atoms with Crippen LogP contribution in [0.15, 0.2) is 58.9 Å². The van der Waals surface area contributed by atoms with Crippen LogP contribution in [0.5, 0.6) is 5.75 Å². The second-order valence-electron chi connectivity index (χ2n) is 7.35. The minimum Gasteiger partial charge on any atom is -0.490 e. The van der Waals surface area contributed by atoms with Crippen molar-refractivity contribution in [1.29, 1.82) is 0 Å². The maximum Gasteiger partial charge on any atom is 0.311 e. The number of aromatic nitrogens is 3. The van der Waals surface area contributed by atoms with E-state index < -0.39 is 11.0 Å². The topological polar surface area (TPSA) is 112 Å². The number of ketones is 1. The Morgan fingerprint density at radius 3 is 2.76 bits per heavy atom. The van der Waals surface area contributed by atoms with Gasteiger partial charge in [-0.1, -0.05) is 47.6 Å². The summed E-state index contributed by atoms with van der Waals surface area (Å²) in [6, 6.07) is 11.5. The smallest absolute Gasteiger partial charge is 0.311 e. The summed E-state index contributed by atoms with van der Waals surface area (Å²) < 4.78 is 6.71. The van der Waals surface area contributed by atoms with E-state index in [0.29, 0.717) is 38.7 Å². The first-order chi connectivity index (χ1) is 15.8. The van der Waals surface area contributed by atoms with E-state index in [-0.39, 0.29) is 17.2 Å². The van der Waals surface area contributed by atoms with E-state index in [9.17, 15) is 14.9 Å². The van der Waals surface area contributed by atoms with Gasteiger partial charge in [0.25, 0.3) is 0 Å². The van der Waals surface area contributed by atoms with Gasteiger partial charge in [-0.15, -0.1) is 5.10 Å². The molecule has 1 aliphatic rings. The predicted octanol–water partition coefficient (Wildman–Crippen LogP) is 5.02. The molecule has 0 spiro atoms. The lowest BCUT2D eigenvalue weighted by Crippen LogP contribution is -2.27. The summed E-state index contributed by atoms with van der Waals surface area (Å²) in [6.07, 6.45) is 0. The van der Waals surface area contributed by atoms with Crippen LogP contribution in [0.1, 0.15) is 31.0 Å². The van der Waals surface area contributed by atoms with E-state index >= 15 is 0 Å². The van der Waals surface area contributed by atoms with Gasteiger partial charge < -0.3 is 10.1 Å². The molecule has 2 heterocycles. The fraction of sp³-hybridized carbons (Fsp3) is 0.227. The van der Waals surface area contributed by atoms with Gasteiger partial charge in [0, 0.05) is 28.1 Å². The van der Waals surface area contributed by atoms with Gasteiger partial charge in [-0.2, -0.15) is 4.98 Å². The van der Waals surface area contributed by atoms with Gasteiger partial charge >= 0.3 is 5.69 Å². The number of Topliss-reactive ketones (excluding diaryl/α,β-unsaturated/α-hetero) is 1. The molecule has 0 aliphatic carbocycles. The number of thioether (sulfide) groups is 1. The molecular formula is C22H20ClN5O4S. The first-order valence-electron chi connectivity index (χ1n) is 9.94. The minimum atomic E-state index is -0.675. The van der Waals surface area contributed by atoms with Crippen molar-refractivity contribution in [2.75, 3.05) is 12.4 Å². The number of hydrogen-bond donors (Lipinski definition) is 1. The molecule has 0 bridgehead atoms. The molecule has 9 nitrogen and oxygen atoms in total. The highest BCUT2D eigenvalue weighted by molar-refractivity contribution is 7.98. The molecule has 3 aromatic rings. The van der Waals surface area contributed by atoms with Gasteiger partial charge in [-0.25, -0.2) is 4.68 Å². The summed E-state index contributed by atoms with van der Waals surface area (Å²) in [6.45, 7) is 3.23. The van der Waals surface area contributed by atoms with Crippen LogP contribution in [0.25, 0.3) is 0 Å². The summed E-state index contributed by atoms with van der Waals surface area (Å²) >= 11 is 7.66. The lowest BCUT2D eigenvalue weighted by molar-refractivity contribution is -0.385. The minimum absolute atomic E-state index is 0.137. The molecule has 1 aliphatic heterocycles. The summed E-state index contributed by atoms with van der Waals surface area (Å²) in [5.74, 6) is 0.975. The van der Waals surface area contributed by atoms with E-state index in [2.05, 4.69) is 15.4 Å². The zero-order chi connectivity index (χ0) is 23.7. The quantitative estimate of drug-likeness (QED) is 0.282. The number of allylic oxidation sites excluding steroid dienone is 2. The van der Waals surface area contributed by atoms with Gasteiger partial charge in [0.2, 0.25) is 11.1 Å². The van der Waals surface area contributed by atoms with E-state index in [1.165, 1.54) is 37.9 Å². The molecule has 1 N–H and O–H groups in total. The highest BCUT2D eigenvalue weighted by atomic mass is 35.5. The number of nitro benzene ring substituents is 1. The Hall–Kier alpha value is -3.37. The Balaban J connectivity index is 1.75. The molecule has 1 aromatic heterocycles. The largest absolute Gasteiger partial charge is 0.490 e. The van der Waals surface area contributed by atoms with Crippen molar-refractivity contribution in [2.24, 2.45) is 0 Å². The second kappa shape index (κ2) is 9.24. The number of benzene rings is 2. The lowest BCUT2D eigenvalue weighted by Gasteiger charge is -2.28. The summed E-state index contributed by atoms with van der Waals surface area (Å²) in [7, 11) is 1.37. The van der Waals surface area contributed by atoms with Crippen LogP contribution >= 0.6 is 23.4 Å². The average Bonchev–Trinajstić information content (AvgIpc) is 3.19. The number of nitrogens with zero attached hydrogens (tertiary/aromatic N) is 4. The van der Waals surface area contributed by atoms with E-state index in [0.717, 1.165) is 5.56 Å². The molecule has 11 heteroatoms. The number of nitrogens with one attached hydrogen (secondary N) is 1. The van der Waals surface area contributed by atoms with Crippen molar-refractivity contribution in [3.63, 3.8) is 0 Å². The van der Waals surface area contributed by atoms with E-state index in [4.69, 9.17) is 16.3 Å². The zero-order valence-corrected chi connectivity index (χ0v) is 19.6. The Morgan fingerprint density at radius 1 is 1.33 bits per heavy atom. The number of hydrogen-bond acceptors (Lipinski definition) is 8. The number of halogens is 1. The fourth-order valence-corrected chi connectivity index (χ4v) is 4.85. The molecule has 0 amide bonds. The molecule has 4 rings (SSSR count). The van der Waals surface area contributed by atoms with Gasteiger partial charge in [-0.05, 0) is 37.1 Å². The number of ether oxygens (including phenoxy) is 1. The van der Waals surface area contributed by atoms with E-state index in [1.807, 2.05) is 24.3 Å². The number of carbonyl (C=O) groups excluding carboxylic acids is 1. The highest BCUT2D eigenvalue weighted by Gasteiger charge is 2.34. The first kappa shape index (κ1) is 22.8. The summed E-state index contributed by atoms with van der Waals surface area (Å²) in [4.78, 5) is 28.2. The molecule has 0 fully saturated rings. The van der Waals surface area contributed by atoms with Crippen molar-refractivity contribution in [3.05, 3.63) is 80.0 Å². The van der Waals surface area contributed by atoms with Crippen molar-refractivity contribution in [2.45, 2.75) is 30.8 Å². The molecule has 0 radical (unpaired) electrons. The van der Waals surface area contributed by atoms with Crippen molar-refractivity contribution >= 4 is 40.8 Å². The summed E-state index contributed by atoms with van der Waals surface area (Å²) in [5, 5.41) is 20.5. The van der Waals surface area contributed by atoms with Crippen LogP contribution in [-0.2, 0) is 10.5 Å². The molecular weight excluding hydrogens is 466 g/mol. The molecule has 1 unspecified atom stereocenters. The monoisotopic (exact) mass is 485 g/mol. The Kier molecular flexibility index (Phi) is 6.39. The summed E-state index contributed by atoms with van der Waals surface area (Å²) in [5.41, 5.74) is 2.36. The second-order valence-corrected chi connectivity index (χ2v) is 8.70. The lowest BCUT2D eigenvalue weighted by atomic mass is 9.93. The van der Waals surface area contributed by atoms with Crippen LogP contribution in [0.4, 0.5) is 11.6 Å². The van der Waals surface area contributed by atoms with Crippen molar-refractivity contribution in [1.82, 2.24) is 14.8 Å². The third-order valence-electron chi connectivity index (χ3n) is 5.24. The van der Waals surface area contributed by atoms with Gasteiger partial charge in [0.1, 0.15) is 6.04 Å². The highest BCUT2D eigenvalue weighted by Crippen LogP contribution is 2.39. The standard InChI is InChI=1S/C22H20ClN5O4S/c1-12-19(13(2)29)20(14-8-9-18(32-3)17(10-14)28(30)31)27-21(24-12)25-22(26-27)33-11-15-6-4-5-7-16(15)23/h4-10,20H,11H2,1-3H3,(H,24,25,26). The number of rotatable bonds is 7. The average molecular weight is 486 g/mol. The number of carbonyl (C=O) groups is 1. The normalized spacial score (nSPS) is 15.1. The van der Waals surface area contributed by atoms with E-state index in [1.54, 1.807) is 17.7 Å². The molecule has 170 valence electrons. The Bertz CT molecular complexity index is 1290. The van der Waals surface area contributed by atoms with Crippen LogP contribution in [-0.4, -0.2) is 32.6 Å². The third kappa shape index (κ3) is 4.44. The predicted molar refractivity (Wildman–Crippen MR) is 126 cm³/mol. The molecule has 2 aromatic carbocycles. The maximum absolute atomic E-state index is 12.6.